The van der Waals surface area contributed by atoms with Crippen molar-refractivity contribution in [2.45, 2.75) is 27.7 Å². The summed E-state index contributed by atoms with van der Waals surface area (Å²) in [6.45, 7) is 7.94. The van der Waals surface area contributed by atoms with E-state index in [9.17, 15) is 5.21 Å². The minimum Gasteiger partial charge on any atom is -0.284 e. The minimum atomic E-state index is 0.429. The van der Waals surface area contributed by atoms with Gasteiger partial charge in [-0.2, -0.15) is 5.26 Å². The molecule has 0 saturated heterocycles. The highest BCUT2D eigenvalue weighted by atomic mass is 16.5. The van der Waals surface area contributed by atoms with Crippen molar-refractivity contribution in [2.24, 2.45) is 0 Å². The van der Waals surface area contributed by atoms with Gasteiger partial charge in [-0.3, -0.25) is 10.2 Å². The molecule has 0 bridgehead atoms. The molecule has 0 unspecified atom stereocenters. The summed E-state index contributed by atoms with van der Waals surface area (Å²) in [5.74, 6) is 0. The van der Waals surface area contributed by atoms with Crippen LogP contribution in [0.1, 0.15) is 27.9 Å². The standard InChI is InChI=1S/C13H11N3.C12H13N2O/c1-9-3-4-15-12(6-9)13-7-10(2)5-11(8-14)16-13;1-9-3-5-13-11(7-9)12-8-10(2)4-6-14(12)15/h3-7H,1-2H3;3-8,15H,1-2H3/q;+1. The molecule has 0 radical (unpaired) electrons. The third kappa shape index (κ3) is 5.71. The number of pyridine rings is 4. The molecule has 4 rings (SSSR count). The maximum Gasteiger partial charge on any atom is 0.282 e. The Balaban J connectivity index is 0.000000176. The number of aryl methyl sites for hydroxylation is 4. The van der Waals surface area contributed by atoms with Gasteiger partial charge in [-0.05, 0) is 86.3 Å². The molecule has 0 saturated carbocycles. The van der Waals surface area contributed by atoms with Gasteiger partial charge in [0.25, 0.3) is 5.69 Å². The Morgan fingerprint density at radius 3 is 1.97 bits per heavy atom. The van der Waals surface area contributed by atoms with Crippen molar-refractivity contribution < 1.29 is 9.94 Å². The molecule has 0 aromatic carbocycles. The lowest BCUT2D eigenvalue weighted by Crippen LogP contribution is -2.32. The maximum absolute atomic E-state index is 9.66. The zero-order valence-corrected chi connectivity index (χ0v) is 18.0. The molecule has 4 aromatic heterocycles. The van der Waals surface area contributed by atoms with E-state index in [4.69, 9.17) is 5.26 Å². The van der Waals surface area contributed by atoms with Gasteiger partial charge < -0.3 is 0 Å². The number of hydrogen-bond donors (Lipinski definition) is 1. The van der Waals surface area contributed by atoms with Crippen molar-refractivity contribution in [2.75, 3.05) is 0 Å². The van der Waals surface area contributed by atoms with E-state index in [1.54, 1.807) is 24.7 Å². The fraction of sp³-hybridized carbons (Fsp3) is 0.160. The summed E-state index contributed by atoms with van der Waals surface area (Å²) in [4.78, 5) is 12.7. The highest BCUT2D eigenvalue weighted by Crippen LogP contribution is 2.17. The van der Waals surface area contributed by atoms with Gasteiger partial charge in [-0.25, -0.2) is 9.97 Å². The van der Waals surface area contributed by atoms with Crippen LogP contribution in [0, 0.1) is 39.0 Å². The Morgan fingerprint density at radius 1 is 0.742 bits per heavy atom. The first-order valence-electron chi connectivity index (χ1n) is 9.82. The lowest BCUT2D eigenvalue weighted by molar-refractivity contribution is -0.896. The maximum atomic E-state index is 9.66. The molecule has 1 N–H and O–H groups in total. The lowest BCUT2D eigenvalue weighted by atomic mass is 10.1. The quantitative estimate of drug-likeness (QED) is 0.388. The fourth-order valence-corrected chi connectivity index (χ4v) is 3.00. The average Bonchev–Trinajstić information content (AvgIpc) is 2.75. The van der Waals surface area contributed by atoms with Crippen molar-refractivity contribution >= 4 is 0 Å². The molecular formula is C25H24N5O+. The molecule has 4 aromatic rings. The van der Waals surface area contributed by atoms with Gasteiger partial charge in [-0.15, -0.1) is 0 Å². The topological polar surface area (TPSA) is 86.6 Å². The Morgan fingerprint density at radius 2 is 1.32 bits per heavy atom. The van der Waals surface area contributed by atoms with Crippen molar-refractivity contribution in [3.63, 3.8) is 0 Å². The molecule has 0 aliphatic carbocycles. The highest BCUT2D eigenvalue weighted by Gasteiger charge is 2.13. The molecular weight excluding hydrogens is 386 g/mol. The van der Waals surface area contributed by atoms with Gasteiger partial charge in [0.05, 0.1) is 11.4 Å². The summed E-state index contributed by atoms with van der Waals surface area (Å²) >= 11 is 0. The summed E-state index contributed by atoms with van der Waals surface area (Å²) in [5, 5.41) is 18.5. The molecule has 0 aliphatic heterocycles. The number of rotatable bonds is 2. The van der Waals surface area contributed by atoms with Crippen LogP contribution in [0.5, 0.6) is 0 Å². The van der Waals surface area contributed by atoms with Crippen molar-refractivity contribution in [1.82, 2.24) is 15.0 Å². The van der Waals surface area contributed by atoms with E-state index >= 15 is 0 Å². The Kier molecular flexibility index (Phi) is 6.68. The summed E-state index contributed by atoms with van der Waals surface area (Å²) in [6.07, 6.45) is 5.11. The van der Waals surface area contributed by atoms with E-state index in [0.29, 0.717) is 11.4 Å². The molecule has 4 heterocycles. The lowest BCUT2D eigenvalue weighted by Gasteiger charge is -2.03. The van der Waals surface area contributed by atoms with Crippen LogP contribution in [0.15, 0.2) is 67.1 Å². The van der Waals surface area contributed by atoms with E-state index in [1.807, 2.05) is 70.2 Å². The fourth-order valence-electron chi connectivity index (χ4n) is 3.00. The van der Waals surface area contributed by atoms with Gasteiger partial charge in [0, 0.05) is 29.3 Å². The van der Waals surface area contributed by atoms with Crippen LogP contribution in [0.4, 0.5) is 0 Å². The van der Waals surface area contributed by atoms with Gasteiger partial charge >= 0.3 is 0 Å². The minimum absolute atomic E-state index is 0.429. The smallest absolute Gasteiger partial charge is 0.282 e. The monoisotopic (exact) mass is 410 g/mol. The zero-order chi connectivity index (χ0) is 22.4. The van der Waals surface area contributed by atoms with Crippen LogP contribution < -0.4 is 4.73 Å². The molecule has 0 aliphatic rings. The van der Waals surface area contributed by atoms with E-state index in [1.165, 1.54) is 0 Å². The Labute approximate surface area is 182 Å². The van der Waals surface area contributed by atoms with Crippen molar-refractivity contribution in [3.05, 3.63) is 95.1 Å². The summed E-state index contributed by atoms with van der Waals surface area (Å²) in [7, 11) is 0. The van der Waals surface area contributed by atoms with Crippen LogP contribution in [0.2, 0.25) is 0 Å². The summed E-state index contributed by atoms with van der Waals surface area (Å²) in [6, 6.07) is 17.3. The largest absolute Gasteiger partial charge is 0.284 e. The highest BCUT2D eigenvalue weighted by molar-refractivity contribution is 5.57. The molecule has 6 nitrogen and oxygen atoms in total. The predicted octanol–water partition coefficient (Wildman–Crippen LogP) is 4.52. The van der Waals surface area contributed by atoms with Crippen LogP contribution >= 0.6 is 0 Å². The Bertz CT molecular complexity index is 1260. The third-order valence-electron chi connectivity index (χ3n) is 4.53. The van der Waals surface area contributed by atoms with Crippen LogP contribution in [-0.4, -0.2) is 20.2 Å². The third-order valence-corrected chi connectivity index (χ3v) is 4.53. The second-order valence-corrected chi connectivity index (χ2v) is 7.40. The van der Waals surface area contributed by atoms with Crippen LogP contribution in [-0.2, 0) is 0 Å². The van der Waals surface area contributed by atoms with Gasteiger partial charge in [0.15, 0.2) is 0 Å². The Hall–Kier alpha value is -4.11. The SMILES string of the molecule is Cc1ccnc(-c2cc(C)cc(C#N)n2)c1.Cc1ccnc(-c2cc(C)cc[n+]2O)c1. The number of nitrogens with zero attached hydrogens (tertiary/aromatic N) is 5. The molecule has 0 fully saturated rings. The number of hydrogen-bond acceptors (Lipinski definition) is 5. The first-order chi connectivity index (χ1) is 14.9. The molecule has 31 heavy (non-hydrogen) atoms. The van der Waals surface area contributed by atoms with Gasteiger partial charge in [-0.1, -0.05) is 0 Å². The van der Waals surface area contributed by atoms with Gasteiger partial charge in [0.2, 0.25) is 6.20 Å². The van der Waals surface area contributed by atoms with E-state index in [2.05, 4.69) is 21.0 Å². The first-order valence-corrected chi connectivity index (χ1v) is 9.82. The van der Waals surface area contributed by atoms with Crippen molar-refractivity contribution in [3.8, 4) is 28.8 Å². The zero-order valence-electron chi connectivity index (χ0n) is 18.0. The number of nitriles is 1. The van der Waals surface area contributed by atoms with E-state index in [-0.39, 0.29) is 0 Å². The molecule has 0 spiro atoms. The second kappa shape index (κ2) is 9.59. The molecule has 154 valence electrons. The van der Waals surface area contributed by atoms with E-state index < -0.39 is 0 Å². The summed E-state index contributed by atoms with van der Waals surface area (Å²) in [5.41, 5.74) is 7.84. The molecule has 0 atom stereocenters. The predicted molar refractivity (Wildman–Crippen MR) is 118 cm³/mol. The van der Waals surface area contributed by atoms with Crippen LogP contribution in [0.25, 0.3) is 22.8 Å². The van der Waals surface area contributed by atoms with E-state index in [0.717, 1.165) is 44.1 Å². The molecule has 0 amide bonds. The average molecular weight is 411 g/mol. The summed E-state index contributed by atoms with van der Waals surface area (Å²) < 4.78 is 1.09. The van der Waals surface area contributed by atoms with Gasteiger partial charge in [0.1, 0.15) is 17.5 Å². The number of aromatic nitrogens is 4. The van der Waals surface area contributed by atoms with Crippen LogP contribution in [0.3, 0.4) is 0 Å². The van der Waals surface area contributed by atoms with Crippen molar-refractivity contribution in [1.29, 1.82) is 5.26 Å². The normalized spacial score (nSPS) is 10.0. The first kappa shape index (κ1) is 21.6. The molecule has 6 heteroatoms. The second-order valence-electron chi connectivity index (χ2n) is 7.40.